The molecule has 0 spiro atoms. The van der Waals surface area contributed by atoms with E-state index in [0.717, 1.165) is 5.69 Å². The van der Waals surface area contributed by atoms with E-state index in [1.54, 1.807) is 0 Å². The third-order valence-electron chi connectivity index (χ3n) is 3.24. The maximum absolute atomic E-state index is 12.0. The van der Waals surface area contributed by atoms with E-state index >= 15 is 0 Å². The summed E-state index contributed by atoms with van der Waals surface area (Å²) in [6.07, 6.45) is 0. The number of nitrogens with one attached hydrogen (secondary N) is 1. The molecule has 5 nitrogen and oxygen atoms in total. The first-order valence-corrected chi connectivity index (χ1v) is 8.61. The molecule has 124 valence electrons. The molecule has 6 heteroatoms. The van der Waals surface area contributed by atoms with Gasteiger partial charge in [-0.15, -0.1) is 10.2 Å². The van der Waals surface area contributed by atoms with Crippen molar-refractivity contribution < 1.29 is 9.21 Å². The molecule has 0 bridgehead atoms. The van der Waals surface area contributed by atoms with Crippen molar-refractivity contribution in [2.75, 3.05) is 11.1 Å². The predicted octanol–water partition coefficient (Wildman–Crippen LogP) is 4.22. The van der Waals surface area contributed by atoms with Crippen molar-refractivity contribution in [2.45, 2.75) is 51.2 Å². The van der Waals surface area contributed by atoms with Crippen LogP contribution in [0.2, 0.25) is 0 Å². The Morgan fingerprint density at radius 3 is 2.39 bits per heavy atom. The normalized spacial score (nSPS) is 11.7. The number of aromatic nitrogens is 2. The zero-order valence-electron chi connectivity index (χ0n) is 14.2. The summed E-state index contributed by atoms with van der Waals surface area (Å²) in [5, 5.41) is 11.2. The summed E-state index contributed by atoms with van der Waals surface area (Å²) in [4.78, 5) is 12.0. The first kappa shape index (κ1) is 17.5. The van der Waals surface area contributed by atoms with Gasteiger partial charge in [0.05, 0.1) is 5.75 Å². The Bertz CT molecular complexity index is 657. The van der Waals surface area contributed by atoms with Gasteiger partial charge in [-0.2, -0.15) is 0 Å². The lowest BCUT2D eigenvalue weighted by atomic mass is 9.97. The average molecular weight is 333 g/mol. The molecule has 0 saturated carbocycles. The highest BCUT2D eigenvalue weighted by Gasteiger charge is 2.21. The molecule has 0 fully saturated rings. The maximum atomic E-state index is 12.0. The van der Waals surface area contributed by atoms with Crippen molar-refractivity contribution in [1.29, 1.82) is 0 Å². The highest BCUT2D eigenvalue weighted by atomic mass is 32.2. The molecule has 2 aromatic rings. The van der Waals surface area contributed by atoms with E-state index in [9.17, 15) is 4.79 Å². The lowest BCUT2D eigenvalue weighted by Gasteiger charge is -2.10. The van der Waals surface area contributed by atoms with Crippen LogP contribution < -0.4 is 5.32 Å². The molecule has 0 aliphatic heterocycles. The molecule has 1 aromatic heterocycles. The van der Waals surface area contributed by atoms with Gasteiger partial charge in [0.2, 0.25) is 11.8 Å². The summed E-state index contributed by atoms with van der Waals surface area (Å²) in [6.45, 7) is 10.3. The van der Waals surface area contributed by atoms with Crippen LogP contribution >= 0.6 is 11.8 Å². The van der Waals surface area contributed by atoms with Crippen LogP contribution in [-0.2, 0) is 10.2 Å². The summed E-state index contributed by atoms with van der Waals surface area (Å²) < 4.78 is 5.55. The minimum atomic E-state index is -0.188. The molecule has 0 aliphatic carbocycles. The topological polar surface area (TPSA) is 68.0 Å². The Morgan fingerprint density at radius 2 is 1.87 bits per heavy atom. The lowest BCUT2D eigenvalue weighted by Crippen LogP contribution is -2.14. The second-order valence-electron chi connectivity index (χ2n) is 6.74. The number of anilines is 1. The minimum absolute atomic E-state index is 0.0946. The molecule has 1 N–H and O–H groups in total. The fraction of sp³-hybridized carbons (Fsp3) is 0.471. The van der Waals surface area contributed by atoms with E-state index in [1.807, 2.05) is 45.0 Å². The van der Waals surface area contributed by atoms with Gasteiger partial charge < -0.3 is 9.73 Å². The number of hydrogen-bond donors (Lipinski definition) is 1. The minimum Gasteiger partial charge on any atom is -0.415 e. The molecular weight excluding hydrogens is 310 g/mol. The molecule has 1 amide bonds. The Labute approximate surface area is 141 Å². The largest absolute Gasteiger partial charge is 0.415 e. The molecule has 2 rings (SSSR count). The predicted molar refractivity (Wildman–Crippen MR) is 92.9 cm³/mol. The van der Waals surface area contributed by atoms with Crippen LogP contribution in [0.4, 0.5) is 5.69 Å². The van der Waals surface area contributed by atoms with Crippen molar-refractivity contribution in [3.63, 3.8) is 0 Å². The molecule has 1 heterocycles. The highest BCUT2D eigenvalue weighted by molar-refractivity contribution is 7.99. The zero-order valence-corrected chi connectivity index (χ0v) is 15.0. The standard InChI is InChI=1S/C17H23N3O2S/c1-11(2)12-6-8-13(9-7-12)18-14(21)10-23-16-20-19-15(22-16)17(3,4)5/h6-9,11H,10H2,1-5H3,(H,18,21). The monoisotopic (exact) mass is 333 g/mol. The number of benzene rings is 1. The van der Waals surface area contributed by atoms with E-state index in [1.165, 1.54) is 17.3 Å². The van der Waals surface area contributed by atoms with Crippen LogP contribution in [0.5, 0.6) is 0 Å². The molecule has 1 aromatic carbocycles. The van der Waals surface area contributed by atoms with Crippen molar-refractivity contribution in [1.82, 2.24) is 10.2 Å². The number of amides is 1. The van der Waals surface area contributed by atoms with Crippen LogP contribution in [0.3, 0.4) is 0 Å². The van der Waals surface area contributed by atoms with Crippen molar-refractivity contribution >= 4 is 23.4 Å². The van der Waals surface area contributed by atoms with Gasteiger partial charge in [-0.05, 0) is 23.6 Å². The first-order chi connectivity index (χ1) is 10.8. The third-order valence-corrected chi connectivity index (χ3v) is 4.05. The molecule has 0 atom stereocenters. The molecule has 0 unspecified atom stereocenters. The van der Waals surface area contributed by atoms with Crippen LogP contribution in [-0.4, -0.2) is 21.9 Å². The van der Waals surface area contributed by atoms with Gasteiger partial charge in [0.25, 0.3) is 5.22 Å². The summed E-state index contributed by atoms with van der Waals surface area (Å²) in [5.74, 6) is 1.19. The fourth-order valence-corrected chi connectivity index (χ4v) is 2.41. The van der Waals surface area contributed by atoms with Gasteiger partial charge in [0, 0.05) is 11.1 Å². The third kappa shape index (κ3) is 5.10. The van der Waals surface area contributed by atoms with E-state index in [4.69, 9.17) is 4.42 Å². The quantitative estimate of drug-likeness (QED) is 0.830. The van der Waals surface area contributed by atoms with Gasteiger partial charge in [0.1, 0.15) is 0 Å². The second kappa shape index (κ2) is 7.17. The first-order valence-electron chi connectivity index (χ1n) is 7.62. The van der Waals surface area contributed by atoms with Crippen molar-refractivity contribution in [2.24, 2.45) is 0 Å². The maximum Gasteiger partial charge on any atom is 0.277 e. The zero-order chi connectivity index (χ0) is 17.0. The molecule has 0 aliphatic rings. The Kier molecular flexibility index (Phi) is 5.46. The van der Waals surface area contributed by atoms with Crippen molar-refractivity contribution in [3.05, 3.63) is 35.7 Å². The summed E-state index contributed by atoms with van der Waals surface area (Å²) in [7, 11) is 0. The summed E-state index contributed by atoms with van der Waals surface area (Å²) in [5.41, 5.74) is 1.85. The molecule has 23 heavy (non-hydrogen) atoms. The van der Waals surface area contributed by atoms with E-state index in [-0.39, 0.29) is 17.1 Å². The van der Waals surface area contributed by atoms with E-state index < -0.39 is 0 Å². The summed E-state index contributed by atoms with van der Waals surface area (Å²) in [6, 6.07) is 7.90. The average Bonchev–Trinajstić information content (AvgIpc) is 2.95. The second-order valence-corrected chi connectivity index (χ2v) is 7.66. The smallest absolute Gasteiger partial charge is 0.277 e. The Balaban J connectivity index is 1.86. The van der Waals surface area contributed by atoms with Crippen LogP contribution in [0, 0.1) is 0 Å². The van der Waals surface area contributed by atoms with Crippen LogP contribution in [0.1, 0.15) is 52.0 Å². The lowest BCUT2D eigenvalue weighted by molar-refractivity contribution is -0.113. The van der Waals surface area contributed by atoms with Gasteiger partial charge in [-0.1, -0.05) is 58.5 Å². The number of hydrogen-bond acceptors (Lipinski definition) is 5. The molecule has 0 saturated heterocycles. The van der Waals surface area contributed by atoms with E-state index in [2.05, 4.69) is 29.4 Å². The number of nitrogens with zero attached hydrogens (tertiary/aromatic N) is 2. The van der Waals surface area contributed by atoms with Gasteiger partial charge >= 0.3 is 0 Å². The number of carbonyl (C=O) groups excluding carboxylic acids is 1. The van der Waals surface area contributed by atoms with Gasteiger partial charge in [-0.25, -0.2) is 0 Å². The number of rotatable bonds is 5. The van der Waals surface area contributed by atoms with Crippen LogP contribution in [0.15, 0.2) is 33.9 Å². The van der Waals surface area contributed by atoms with Gasteiger partial charge in [0.15, 0.2) is 0 Å². The molecule has 0 radical (unpaired) electrons. The molecular formula is C17H23N3O2S. The SMILES string of the molecule is CC(C)c1ccc(NC(=O)CSc2nnc(C(C)(C)C)o2)cc1. The van der Waals surface area contributed by atoms with Crippen LogP contribution in [0.25, 0.3) is 0 Å². The Hall–Kier alpha value is -1.82. The van der Waals surface area contributed by atoms with Gasteiger partial charge in [-0.3, -0.25) is 4.79 Å². The number of carbonyl (C=O) groups is 1. The summed E-state index contributed by atoms with van der Waals surface area (Å²) >= 11 is 1.24. The van der Waals surface area contributed by atoms with E-state index in [0.29, 0.717) is 17.0 Å². The Morgan fingerprint density at radius 1 is 1.22 bits per heavy atom. The van der Waals surface area contributed by atoms with Crippen molar-refractivity contribution in [3.8, 4) is 0 Å². The fourth-order valence-electron chi connectivity index (χ4n) is 1.85. The highest BCUT2D eigenvalue weighted by Crippen LogP contribution is 2.24. The number of thioether (sulfide) groups is 1.